The number of halogens is 2. The number of aromatic nitrogens is 2. The zero-order valence-corrected chi connectivity index (χ0v) is 12.5. The van der Waals surface area contributed by atoms with Crippen LogP contribution < -0.4 is 0 Å². The van der Waals surface area contributed by atoms with Crippen LogP contribution in [-0.2, 0) is 0 Å². The van der Waals surface area contributed by atoms with Crippen molar-refractivity contribution in [3.8, 4) is 11.1 Å². The molecule has 0 spiro atoms. The largest absolute Gasteiger partial charge is 0.364 e. The summed E-state index contributed by atoms with van der Waals surface area (Å²) in [5.74, 6) is 1.77. The summed E-state index contributed by atoms with van der Waals surface area (Å²) in [6.45, 7) is 0. The molecule has 0 atom stereocenters. The van der Waals surface area contributed by atoms with Crippen molar-refractivity contribution in [2.45, 2.75) is 18.8 Å². The third-order valence-electron chi connectivity index (χ3n) is 3.12. The number of nitrogens with zero attached hydrogens (tertiary/aromatic N) is 2. The van der Waals surface area contributed by atoms with Gasteiger partial charge in [-0.05, 0) is 25.0 Å². The first-order valence-corrected chi connectivity index (χ1v) is 7.25. The summed E-state index contributed by atoms with van der Waals surface area (Å²) in [4.78, 5) is 0. The van der Waals surface area contributed by atoms with Crippen LogP contribution >= 0.6 is 23.2 Å². The topological polar surface area (TPSA) is 52.1 Å². The summed E-state index contributed by atoms with van der Waals surface area (Å²) in [6.07, 6.45) is 7.36. The van der Waals surface area contributed by atoms with Crippen LogP contribution in [0.4, 0.5) is 0 Å². The average molecular weight is 323 g/mol. The lowest BCUT2D eigenvalue weighted by atomic mass is 10.1. The predicted octanol–water partition coefficient (Wildman–Crippen LogP) is 5.20. The first kappa shape index (κ1) is 14.2. The van der Waals surface area contributed by atoms with Crippen LogP contribution in [0.25, 0.3) is 11.1 Å². The first-order chi connectivity index (χ1) is 10.3. The minimum absolute atomic E-state index is 0.593. The first-order valence-electron chi connectivity index (χ1n) is 6.50. The van der Waals surface area contributed by atoms with E-state index in [1.54, 1.807) is 30.6 Å². The Morgan fingerprint density at radius 3 is 2.33 bits per heavy atom. The highest BCUT2D eigenvalue weighted by atomic mass is 35.5. The zero-order valence-electron chi connectivity index (χ0n) is 11.0. The van der Waals surface area contributed by atoms with Crippen LogP contribution in [0.1, 0.15) is 24.5 Å². The molecule has 1 saturated carbocycles. The molecule has 2 heterocycles. The fourth-order valence-electron chi connectivity index (χ4n) is 1.91. The smallest absolute Gasteiger partial charge is 0.139 e. The highest BCUT2D eigenvalue weighted by Gasteiger charge is 2.26. The van der Waals surface area contributed by atoms with E-state index >= 15 is 0 Å². The molecule has 4 nitrogen and oxygen atoms in total. The Morgan fingerprint density at radius 2 is 1.81 bits per heavy atom. The lowest BCUT2D eigenvalue weighted by Crippen LogP contribution is -1.77. The van der Waals surface area contributed by atoms with Gasteiger partial charge in [0.05, 0.1) is 22.4 Å². The van der Waals surface area contributed by atoms with Crippen molar-refractivity contribution in [1.29, 1.82) is 0 Å². The van der Waals surface area contributed by atoms with Crippen LogP contribution in [0.5, 0.6) is 0 Å². The molecule has 1 aliphatic carbocycles. The van der Waals surface area contributed by atoms with E-state index in [9.17, 15) is 0 Å². The van der Waals surface area contributed by atoms with Crippen LogP contribution in [0.15, 0.2) is 52.0 Å². The van der Waals surface area contributed by atoms with Gasteiger partial charge in [0.15, 0.2) is 0 Å². The number of benzene rings is 1. The van der Waals surface area contributed by atoms with Gasteiger partial charge in [-0.1, -0.05) is 39.6 Å². The Bertz CT molecular complexity index is 672. The number of hydrogen-bond donors (Lipinski definition) is 0. The van der Waals surface area contributed by atoms with E-state index in [0.717, 1.165) is 16.9 Å². The van der Waals surface area contributed by atoms with E-state index < -0.39 is 0 Å². The zero-order chi connectivity index (χ0) is 14.7. The van der Waals surface area contributed by atoms with Crippen molar-refractivity contribution in [1.82, 2.24) is 10.3 Å². The lowest BCUT2D eigenvalue weighted by Gasteiger charge is -2.01. The predicted molar refractivity (Wildman–Crippen MR) is 80.4 cm³/mol. The average Bonchev–Trinajstić information content (AvgIpc) is 2.97. The van der Waals surface area contributed by atoms with Gasteiger partial charge in [0.1, 0.15) is 12.0 Å². The van der Waals surface area contributed by atoms with E-state index in [2.05, 4.69) is 10.3 Å². The quantitative estimate of drug-likeness (QED) is 0.650. The van der Waals surface area contributed by atoms with Crippen molar-refractivity contribution in [2.24, 2.45) is 0 Å². The molecule has 1 aliphatic rings. The Balaban J connectivity index is 0.000000140. The van der Waals surface area contributed by atoms with Crippen molar-refractivity contribution in [2.75, 3.05) is 0 Å². The third kappa shape index (κ3) is 3.46. The standard InChI is InChI=1S/C9H5Cl2NO.C6H7NO/c10-7-2-1-3-8(11)9(7)6-4-12-13-5-6;1-2-5(1)6-3-4-7-8-6/h1-5H;3-5H,1-2H2. The molecular weight excluding hydrogens is 311 g/mol. The summed E-state index contributed by atoms with van der Waals surface area (Å²) in [5.41, 5.74) is 1.54. The molecule has 0 radical (unpaired) electrons. The Hall–Kier alpha value is -1.78. The van der Waals surface area contributed by atoms with Crippen LogP contribution in [0, 0.1) is 0 Å². The second-order valence-corrected chi connectivity index (χ2v) is 5.51. The molecular formula is C15H12Cl2N2O2. The van der Waals surface area contributed by atoms with Crippen LogP contribution in [0.2, 0.25) is 10.0 Å². The summed E-state index contributed by atoms with van der Waals surface area (Å²) in [6, 6.07) is 7.28. The van der Waals surface area contributed by atoms with Gasteiger partial charge < -0.3 is 9.05 Å². The molecule has 3 aromatic rings. The molecule has 0 bridgehead atoms. The Kier molecular flexibility index (Phi) is 4.27. The van der Waals surface area contributed by atoms with E-state index in [1.807, 2.05) is 6.07 Å². The molecule has 0 N–H and O–H groups in total. The summed E-state index contributed by atoms with van der Waals surface area (Å²) < 4.78 is 9.62. The Morgan fingerprint density at radius 1 is 1.05 bits per heavy atom. The van der Waals surface area contributed by atoms with Crippen LogP contribution in [-0.4, -0.2) is 10.3 Å². The van der Waals surface area contributed by atoms with Crippen molar-refractivity contribution >= 4 is 23.2 Å². The second kappa shape index (κ2) is 6.33. The summed E-state index contributed by atoms with van der Waals surface area (Å²) in [5, 5.41) is 8.38. The maximum atomic E-state index is 5.97. The van der Waals surface area contributed by atoms with Gasteiger partial charge in [-0.3, -0.25) is 0 Å². The van der Waals surface area contributed by atoms with Gasteiger partial charge in [0.25, 0.3) is 0 Å². The van der Waals surface area contributed by atoms with Gasteiger partial charge in [-0.25, -0.2) is 0 Å². The maximum absolute atomic E-state index is 5.97. The van der Waals surface area contributed by atoms with Gasteiger partial charge in [0.2, 0.25) is 0 Å². The second-order valence-electron chi connectivity index (χ2n) is 4.70. The van der Waals surface area contributed by atoms with E-state index in [4.69, 9.17) is 32.2 Å². The fourth-order valence-corrected chi connectivity index (χ4v) is 2.52. The molecule has 4 rings (SSSR count). The lowest BCUT2D eigenvalue weighted by molar-refractivity contribution is 0.384. The minimum atomic E-state index is 0.593. The number of rotatable bonds is 2. The van der Waals surface area contributed by atoms with E-state index in [1.165, 1.54) is 19.1 Å². The van der Waals surface area contributed by atoms with Crippen molar-refractivity contribution < 1.29 is 9.05 Å². The number of hydrogen-bond acceptors (Lipinski definition) is 4. The molecule has 0 saturated heterocycles. The summed E-state index contributed by atoms with van der Waals surface area (Å²) in [7, 11) is 0. The normalized spacial score (nSPS) is 13.6. The van der Waals surface area contributed by atoms with E-state index in [-0.39, 0.29) is 0 Å². The monoisotopic (exact) mass is 322 g/mol. The molecule has 1 fully saturated rings. The highest BCUT2D eigenvalue weighted by Crippen LogP contribution is 2.39. The molecule has 6 heteroatoms. The molecule has 2 aromatic heterocycles. The molecule has 0 aliphatic heterocycles. The fraction of sp³-hybridized carbons (Fsp3) is 0.200. The van der Waals surface area contributed by atoms with Crippen LogP contribution in [0.3, 0.4) is 0 Å². The molecule has 21 heavy (non-hydrogen) atoms. The minimum Gasteiger partial charge on any atom is -0.364 e. The molecule has 0 unspecified atom stereocenters. The molecule has 108 valence electrons. The SMILES string of the molecule is Clc1cccc(Cl)c1-c1cnoc1.c1cc(C2CC2)on1. The van der Waals surface area contributed by atoms with Gasteiger partial charge >= 0.3 is 0 Å². The highest BCUT2D eigenvalue weighted by molar-refractivity contribution is 6.39. The van der Waals surface area contributed by atoms with Gasteiger partial charge in [-0.15, -0.1) is 0 Å². The van der Waals surface area contributed by atoms with Crippen molar-refractivity contribution in [3.05, 3.63) is 58.7 Å². The molecule has 1 aromatic carbocycles. The van der Waals surface area contributed by atoms with Gasteiger partial charge in [-0.2, -0.15) is 0 Å². The van der Waals surface area contributed by atoms with E-state index in [0.29, 0.717) is 16.0 Å². The Labute approximate surface area is 131 Å². The summed E-state index contributed by atoms with van der Waals surface area (Å²) >= 11 is 11.9. The molecule has 0 amide bonds. The van der Waals surface area contributed by atoms with Gasteiger partial charge in [0, 0.05) is 23.1 Å². The maximum Gasteiger partial charge on any atom is 0.139 e. The van der Waals surface area contributed by atoms with Crippen molar-refractivity contribution in [3.63, 3.8) is 0 Å². The third-order valence-corrected chi connectivity index (χ3v) is 3.75.